The van der Waals surface area contributed by atoms with Crippen molar-refractivity contribution in [1.82, 2.24) is 4.90 Å². The van der Waals surface area contributed by atoms with E-state index < -0.39 is 6.98 Å². The lowest BCUT2D eigenvalue weighted by Crippen LogP contribution is -2.14. The topological polar surface area (TPSA) is 12.5 Å². The van der Waals surface area contributed by atoms with Gasteiger partial charge in [0.25, 0.3) is 0 Å². The maximum absolute atomic E-state index is 7.75. The molecule has 2 aliphatic heterocycles. The minimum absolute atomic E-state index is 0.0628. The van der Waals surface area contributed by atoms with Crippen molar-refractivity contribution in [3.05, 3.63) is 58.6 Å². The molecular formula is C17H16ClNO. The van der Waals surface area contributed by atoms with Gasteiger partial charge in [-0.25, -0.2) is 0 Å². The Balaban J connectivity index is 1.87. The van der Waals surface area contributed by atoms with E-state index in [-0.39, 0.29) is 11.8 Å². The summed E-state index contributed by atoms with van der Waals surface area (Å²) in [5.41, 5.74) is 2.06. The lowest BCUT2D eigenvalue weighted by atomic mass is 9.84. The Morgan fingerprint density at radius 2 is 1.85 bits per heavy atom. The molecule has 102 valence electrons. The molecule has 0 bridgehead atoms. The Morgan fingerprint density at radius 1 is 1.10 bits per heavy atom. The largest absolute Gasteiger partial charge is 0.457 e. The second kappa shape index (κ2) is 4.51. The Labute approximate surface area is 128 Å². The first-order valence-corrected chi connectivity index (χ1v) is 7.12. The highest BCUT2D eigenvalue weighted by Crippen LogP contribution is 2.49. The highest BCUT2D eigenvalue weighted by molar-refractivity contribution is 6.30. The third-order valence-corrected chi connectivity index (χ3v) is 4.46. The van der Waals surface area contributed by atoms with Gasteiger partial charge in [0, 0.05) is 39.6 Å². The first kappa shape index (κ1) is 9.43. The predicted molar refractivity (Wildman–Crippen MR) is 80.9 cm³/mol. The molecule has 0 radical (unpaired) electrons. The van der Waals surface area contributed by atoms with E-state index in [1.807, 2.05) is 36.4 Å². The van der Waals surface area contributed by atoms with Crippen LogP contribution in [0, 0.1) is 0 Å². The van der Waals surface area contributed by atoms with Crippen molar-refractivity contribution < 1.29 is 8.85 Å². The van der Waals surface area contributed by atoms with Gasteiger partial charge in [0.05, 0.1) is 0 Å². The molecule has 2 nitrogen and oxygen atoms in total. The highest BCUT2D eigenvalue weighted by Gasteiger charge is 2.38. The fraction of sp³-hybridized carbons (Fsp3) is 0.294. The Hall–Kier alpha value is -1.51. The Morgan fingerprint density at radius 3 is 2.70 bits per heavy atom. The van der Waals surface area contributed by atoms with Gasteiger partial charge in [-0.1, -0.05) is 29.8 Å². The molecular weight excluding hydrogens is 270 g/mol. The average molecular weight is 289 g/mol. The summed E-state index contributed by atoms with van der Waals surface area (Å²) in [5.74, 6) is 1.72. The molecule has 4 rings (SSSR count). The lowest BCUT2D eigenvalue weighted by molar-refractivity contribution is 0.401. The van der Waals surface area contributed by atoms with Crippen molar-refractivity contribution in [3.8, 4) is 11.5 Å². The summed E-state index contributed by atoms with van der Waals surface area (Å²) in [6.07, 6.45) is 0. The van der Waals surface area contributed by atoms with Crippen molar-refractivity contribution in [1.29, 1.82) is 0 Å². The second-order valence-electron chi connectivity index (χ2n) is 5.44. The fourth-order valence-electron chi connectivity index (χ4n) is 3.33. The molecule has 2 atom stereocenters. The van der Waals surface area contributed by atoms with Gasteiger partial charge < -0.3 is 9.64 Å². The molecule has 0 N–H and O–H groups in total. The molecule has 2 aliphatic rings. The monoisotopic (exact) mass is 288 g/mol. The van der Waals surface area contributed by atoms with E-state index in [1.54, 1.807) is 11.0 Å². The minimum Gasteiger partial charge on any atom is -0.457 e. The molecule has 3 heteroatoms. The molecule has 0 amide bonds. The SMILES string of the molecule is [2H]C([2H])([2H])N1C[C@H]2c3ccccc3Oc3ccc(Cl)cc3[C@@H]2C1. The van der Waals surface area contributed by atoms with Crippen LogP contribution in [-0.4, -0.2) is 25.0 Å². The summed E-state index contributed by atoms with van der Waals surface area (Å²) >= 11 is 6.18. The lowest BCUT2D eigenvalue weighted by Gasteiger charge is -2.17. The van der Waals surface area contributed by atoms with Crippen LogP contribution in [0.2, 0.25) is 5.02 Å². The average Bonchev–Trinajstić information content (AvgIpc) is 2.90. The Kier molecular flexibility index (Phi) is 2.12. The molecule has 2 aromatic carbocycles. The van der Waals surface area contributed by atoms with E-state index in [2.05, 4.69) is 0 Å². The number of likely N-dealkylation sites (N-methyl/N-ethyl adjacent to an activating group) is 1. The predicted octanol–water partition coefficient (Wildman–Crippen LogP) is 4.26. The molecule has 0 aliphatic carbocycles. The first-order chi connectivity index (χ1) is 10.9. The second-order valence-corrected chi connectivity index (χ2v) is 5.88. The van der Waals surface area contributed by atoms with E-state index in [0.29, 0.717) is 18.1 Å². The van der Waals surface area contributed by atoms with Crippen molar-refractivity contribution in [2.24, 2.45) is 0 Å². The van der Waals surface area contributed by atoms with Gasteiger partial charge in [0.15, 0.2) is 0 Å². The van der Waals surface area contributed by atoms with Crippen LogP contribution in [0.15, 0.2) is 42.5 Å². The van der Waals surface area contributed by atoms with Crippen LogP contribution in [0.1, 0.15) is 27.1 Å². The van der Waals surface area contributed by atoms with Gasteiger partial charge in [-0.2, -0.15) is 0 Å². The highest BCUT2D eigenvalue weighted by atomic mass is 35.5. The summed E-state index contributed by atoms with van der Waals surface area (Å²) in [6, 6.07) is 13.5. The van der Waals surface area contributed by atoms with Crippen LogP contribution in [0.3, 0.4) is 0 Å². The maximum Gasteiger partial charge on any atom is 0.131 e. The number of benzene rings is 2. The van der Waals surface area contributed by atoms with Crippen molar-refractivity contribution in [2.45, 2.75) is 11.8 Å². The summed E-state index contributed by atoms with van der Waals surface area (Å²) < 4.78 is 29.3. The number of nitrogens with zero attached hydrogens (tertiary/aromatic N) is 1. The molecule has 1 fully saturated rings. The molecule has 1 saturated heterocycles. The molecule has 20 heavy (non-hydrogen) atoms. The van der Waals surface area contributed by atoms with E-state index in [4.69, 9.17) is 20.5 Å². The summed E-state index contributed by atoms with van der Waals surface area (Å²) in [5, 5.41) is 0.643. The van der Waals surface area contributed by atoms with E-state index in [1.165, 1.54) is 0 Å². The van der Waals surface area contributed by atoms with Gasteiger partial charge in [0.2, 0.25) is 0 Å². The van der Waals surface area contributed by atoms with Crippen LogP contribution < -0.4 is 4.74 Å². The van der Waals surface area contributed by atoms with Gasteiger partial charge >= 0.3 is 0 Å². The number of rotatable bonds is 0. The van der Waals surface area contributed by atoms with Crippen LogP contribution in [0.4, 0.5) is 0 Å². The number of para-hydroxylation sites is 1. The maximum atomic E-state index is 7.75. The normalized spacial score (nSPS) is 27.1. The number of ether oxygens (including phenoxy) is 1. The molecule has 0 unspecified atom stereocenters. The van der Waals surface area contributed by atoms with Crippen LogP contribution in [0.5, 0.6) is 11.5 Å². The first-order valence-electron chi connectivity index (χ1n) is 8.25. The fourth-order valence-corrected chi connectivity index (χ4v) is 3.51. The number of hydrogen-bond acceptors (Lipinski definition) is 2. The van der Waals surface area contributed by atoms with Gasteiger partial charge in [-0.15, -0.1) is 0 Å². The van der Waals surface area contributed by atoms with E-state index in [0.717, 1.165) is 22.6 Å². The molecule has 0 spiro atoms. The minimum atomic E-state index is -2.08. The zero-order valence-corrected chi connectivity index (χ0v) is 11.6. The molecule has 2 heterocycles. The molecule has 2 aromatic rings. The third-order valence-electron chi connectivity index (χ3n) is 4.23. The van der Waals surface area contributed by atoms with Gasteiger partial charge in [-0.3, -0.25) is 0 Å². The van der Waals surface area contributed by atoms with Gasteiger partial charge in [-0.05, 0) is 36.8 Å². The summed E-state index contributed by atoms with van der Waals surface area (Å²) in [4.78, 5) is 1.58. The van der Waals surface area contributed by atoms with Crippen molar-refractivity contribution >= 4 is 11.6 Å². The molecule has 0 saturated carbocycles. The van der Waals surface area contributed by atoms with Crippen LogP contribution in [-0.2, 0) is 0 Å². The van der Waals surface area contributed by atoms with Crippen molar-refractivity contribution in [3.63, 3.8) is 0 Å². The molecule has 0 aromatic heterocycles. The van der Waals surface area contributed by atoms with E-state index >= 15 is 0 Å². The number of hydrogen-bond donors (Lipinski definition) is 0. The number of fused-ring (bicyclic) bond motifs is 5. The van der Waals surface area contributed by atoms with Crippen LogP contribution >= 0.6 is 11.6 Å². The zero-order valence-electron chi connectivity index (χ0n) is 13.8. The van der Waals surface area contributed by atoms with Crippen LogP contribution in [0.25, 0.3) is 0 Å². The zero-order chi connectivity index (χ0) is 16.2. The van der Waals surface area contributed by atoms with E-state index in [9.17, 15) is 0 Å². The standard InChI is InChI=1S/C17H16ClNO/c1-19-9-14-12-4-2-3-5-16(12)20-17-7-6-11(18)8-13(17)15(14)10-19/h2-8,14-15H,9-10H2,1H3/t14-,15-/m0/s1/i1D3. The quantitative estimate of drug-likeness (QED) is 0.718. The van der Waals surface area contributed by atoms with Gasteiger partial charge in [0.1, 0.15) is 11.5 Å². The number of likely N-dealkylation sites (tertiary alicyclic amines) is 1. The summed E-state index contributed by atoms with van der Waals surface area (Å²) in [6.45, 7) is -1.11. The smallest absolute Gasteiger partial charge is 0.131 e. The summed E-state index contributed by atoms with van der Waals surface area (Å²) in [7, 11) is 0. The van der Waals surface area contributed by atoms with Crippen molar-refractivity contribution in [2.75, 3.05) is 20.1 Å². The Bertz CT molecular complexity index is 762. The number of halogens is 1. The third kappa shape index (κ3) is 1.83.